The average Bonchev–Trinajstić information content (AvgIpc) is 2.39. The Bertz CT molecular complexity index is 485. The summed E-state index contributed by atoms with van der Waals surface area (Å²) in [7, 11) is 0. The van der Waals surface area contributed by atoms with Crippen LogP contribution in [0.5, 0.6) is 5.75 Å². The highest BCUT2D eigenvalue weighted by atomic mass is 16.5. The van der Waals surface area contributed by atoms with Crippen molar-refractivity contribution in [3.63, 3.8) is 0 Å². The van der Waals surface area contributed by atoms with Crippen LogP contribution in [0.2, 0.25) is 0 Å². The second-order valence-electron chi connectivity index (χ2n) is 5.34. The Kier molecular flexibility index (Phi) is 3.80. The van der Waals surface area contributed by atoms with Crippen LogP contribution in [-0.2, 0) is 4.79 Å². The second-order valence-corrected chi connectivity index (χ2v) is 5.34. The molecule has 2 unspecified atom stereocenters. The number of ether oxygens (including phenoxy) is 1. The zero-order valence-corrected chi connectivity index (χ0v) is 12.0. The van der Waals surface area contributed by atoms with Gasteiger partial charge in [-0.15, -0.1) is 0 Å². The molecule has 0 bridgehead atoms. The average molecular weight is 262 g/mol. The van der Waals surface area contributed by atoms with Crippen LogP contribution >= 0.6 is 0 Å². The largest absolute Gasteiger partial charge is 0.479 e. The first-order valence-corrected chi connectivity index (χ1v) is 6.83. The minimum atomic E-state index is -0.419. The molecule has 0 saturated carbocycles. The number of fused-ring (bicyclic) bond motifs is 1. The summed E-state index contributed by atoms with van der Waals surface area (Å²) < 4.78 is 5.64. The van der Waals surface area contributed by atoms with Gasteiger partial charge in [0.1, 0.15) is 5.75 Å². The topological polar surface area (TPSA) is 55.6 Å². The van der Waals surface area contributed by atoms with Crippen molar-refractivity contribution in [1.82, 2.24) is 0 Å². The Morgan fingerprint density at radius 2 is 2.11 bits per heavy atom. The van der Waals surface area contributed by atoms with E-state index >= 15 is 0 Å². The van der Waals surface area contributed by atoms with E-state index in [0.29, 0.717) is 12.5 Å². The number of carbonyl (C=O) groups is 1. The van der Waals surface area contributed by atoms with Crippen molar-refractivity contribution in [3.05, 3.63) is 23.8 Å². The molecular formula is C15H22N2O2. The first-order valence-electron chi connectivity index (χ1n) is 6.83. The van der Waals surface area contributed by atoms with E-state index in [1.54, 1.807) is 11.8 Å². The molecule has 0 spiro atoms. The van der Waals surface area contributed by atoms with Gasteiger partial charge in [0.05, 0.1) is 5.69 Å². The predicted molar refractivity (Wildman–Crippen MR) is 76.3 cm³/mol. The maximum Gasteiger partial charge on any atom is 0.267 e. The molecule has 0 aromatic heterocycles. The molecule has 0 saturated heterocycles. The van der Waals surface area contributed by atoms with Crippen molar-refractivity contribution in [3.8, 4) is 5.75 Å². The quantitative estimate of drug-likeness (QED) is 0.910. The number of nitrogens with two attached hydrogens (primary N) is 1. The van der Waals surface area contributed by atoms with E-state index in [1.807, 2.05) is 25.1 Å². The van der Waals surface area contributed by atoms with E-state index in [4.69, 9.17) is 10.5 Å². The lowest BCUT2D eigenvalue weighted by atomic mass is 9.96. The summed E-state index contributed by atoms with van der Waals surface area (Å²) in [5.74, 6) is 1.12. The third-order valence-electron chi connectivity index (χ3n) is 3.61. The number of anilines is 1. The van der Waals surface area contributed by atoms with Crippen LogP contribution in [0.4, 0.5) is 5.69 Å². The van der Waals surface area contributed by atoms with Crippen molar-refractivity contribution in [1.29, 1.82) is 0 Å². The minimum Gasteiger partial charge on any atom is -0.479 e. The second kappa shape index (κ2) is 5.21. The van der Waals surface area contributed by atoms with E-state index in [-0.39, 0.29) is 11.9 Å². The van der Waals surface area contributed by atoms with E-state index < -0.39 is 6.10 Å². The van der Waals surface area contributed by atoms with Gasteiger partial charge in [-0.05, 0) is 37.5 Å². The highest BCUT2D eigenvalue weighted by molar-refractivity contribution is 5.99. The Morgan fingerprint density at radius 3 is 2.68 bits per heavy atom. The molecule has 1 aromatic carbocycles. The summed E-state index contributed by atoms with van der Waals surface area (Å²) in [5.41, 5.74) is 8.05. The van der Waals surface area contributed by atoms with Gasteiger partial charge in [-0.1, -0.05) is 19.9 Å². The van der Waals surface area contributed by atoms with Gasteiger partial charge in [-0.3, -0.25) is 4.79 Å². The summed E-state index contributed by atoms with van der Waals surface area (Å²) in [6.45, 7) is 8.56. The third kappa shape index (κ3) is 2.45. The predicted octanol–water partition coefficient (Wildman–Crippen LogP) is 2.48. The van der Waals surface area contributed by atoms with Crippen LogP contribution in [0.25, 0.3) is 0 Å². The molecule has 2 rings (SSSR count). The summed E-state index contributed by atoms with van der Waals surface area (Å²) in [6.07, 6.45) is -0.419. The van der Waals surface area contributed by atoms with Crippen molar-refractivity contribution in [2.75, 3.05) is 11.4 Å². The van der Waals surface area contributed by atoms with Crippen LogP contribution in [0.1, 0.15) is 39.3 Å². The van der Waals surface area contributed by atoms with Crippen LogP contribution in [0, 0.1) is 5.92 Å². The summed E-state index contributed by atoms with van der Waals surface area (Å²) >= 11 is 0. The fraction of sp³-hybridized carbons (Fsp3) is 0.533. The molecular weight excluding hydrogens is 240 g/mol. The zero-order valence-electron chi connectivity index (χ0n) is 12.0. The maximum atomic E-state index is 12.1. The molecule has 1 amide bonds. The van der Waals surface area contributed by atoms with Crippen LogP contribution in [-0.4, -0.2) is 18.6 Å². The maximum absolute atomic E-state index is 12.1. The van der Waals surface area contributed by atoms with E-state index in [0.717, 1.165) is 17.0 Å². The van der Waals surface area contributed by atoms with Crippen LogP contribution in [0.3, 0.4) is 0 Å². The standard InChI is InChI=1S/C15H22N2O2/c1-5-17-12-8-11(14(16)9(2)3)6-7-13(12)19-10(4)15(17)18/h6-10,14H,5,16H2,1-4H3. The molecule has 0 radical (unpaired) electrons. The van der Waals surface area contributed by atoms with Gasteiger partial charge in [0.2, 0.25) is 0 Å². The third-order valence-corrected chi connectivity index (χ3v) is 3.61. The molecule has 1 aliphatic heterocycles. The van der Waals surface area contributed by atoms with Gasteiger partial charge in [-0.2, -0.15) is 0 Å². The normalized spacial score (nSPS) is 20.2. The van der Waals surface area contributed by atoms with Gasteiger partial charge in [0, 0.05) is 12.6 Å². The van der Waals surface area contributed by atoms with Gasteiger partial charge in [-0.25, -0.2) is 0 Å². The summed E-state index contributed by atoms with van der Waals surface area (Å²) in [6, 6.07) is 5.85. The first-order chi connectivity index (χ1) is 8.95. The number of amides is 1. The molecule has 2 atom stereocenters. The Balaban J connectivity index is 2.43. The van der Waals surface area contributed by atoms with Crippen LogP contribution < -0.4 is 15.4 Å². The number of carbonyl (C=O) groups excluding carboxylic acids is 1. The Hall–Kier alpha value is -1.55. The minimum absolute atomic E-state index is 0.00488. The molecule has 0 fully saturated rings. The zero-order chi connectivity index (χ0) is 14.2. The summed E-state index contributed by atoms with van der Waals surface area (Å²) in [4.78, 5) is 13.9. The Labute approximate surface area is 114 Å². The van der Waals surface area contributed by atoms with E-state index in [1.165, 1.54) is 0 Å². The lowest BCUT2D eigenvalue weighted by Gasteiger charge is -2.33. The molecule has 4 nitrogen and oxygen atoms in total. The number of likely N-dealkylation sites (N-methyl/N-ethyl adjacent to an activating group) is 1. The highest BCUT2D eigenvalue weighted by Crippen LogP contribution is 2.36. The van der Waals surface area contributed by atoms with Crippen LogP contribution in [0.15, 0.2) is 18.2 Å². The van der Waals surface area contributed by atoms with Gasteiger partial charge < -0.3 is 15.4 Å². The van der Waals surface area contributed by atoms with Crippen molar-refractivity contribution in [2.24, 2.45) is 11.7 Å². The molecule has 104 valence electrons. The van der Waals surface area contributed by atoms with Gasteiger partial charge >= 0.3 is 0 Å². The first kappa shape index (κ1) is 13.9. The molecule has 1 aliphatic rings. The van der Waals surface area contributed by atoms with Gasteiger partial charge in [0.25, 0.3) is 5.91 Å². The Morgan fingerprint density at radius 1 is 1.42 bits per heavy atom. The van der Waals surface area contributed by atoms with E-state index in [2.05, 4.69) is 13.8 Å². The summed E-state index contributed by atoms with van der Waals surface area (Å²) in [5, 5.41) is 0. The monoisotopic (exact) mass is 262 g/mol. The van der Waals surface area contributed by atoms with Crippen molar-refractivity contribution < 1.29 is 9.53 Å². The lowest BCUT2D eigenvalue weighted by molar-refractivity contribution is -0.125. The van der Waals surface area contributed by atoms with Crippen molar-refractivity contribution in [2.45, 2.75) is 39.8 Å². The SMILES string of the molecule is CCN1C(=O)C(C)Oc2ccc(C(N)C(C)C)cc21. The highest BCUT2D eigenvalue weighted by Gasteiger charge is 2.31. The fourth-order valence-electron chi connectivity index (χ4n) is 2.34. The molecule has 19 heavy (non-hydrogen) atoms. The molecule has 1 aromatic rings. The number of nitrogens with zero attached hydrogens (tertiary/aromatic N) is 1. The molecule has 4 heteroatoms. The van der Waals surface area contributed by atoms with Crippen molar-refractivity contribution >= 4 is 11.6 Å². The number of hydrogen-bond acceptors (Lipinski definition) is 3. The number of rotatable bonds is 3. The smallest absolute Gasteiger partial charge is 0.267 e. The lowest BCUT2D eigenvalue weighted by Crippen LogP contribution is -2.44. The number of benzene rings is 1. The molecule has 0 aliphatic carbocycles. The van der Waals surface area contributed by atoms with E-state index in [9.17, 15) is 4.79 Å². The molecule has 2 N–H and O–H groups in total. The molecule has 1 heterocycles. The number of hydrogen-bond donors (Lipinski definition) is 1. The fourth-order valence-corrected chi connectivity index (χ4v) is 2.34. The van der Waals surface area contributed by atoms with Gasteiger partial charge in [0.15, 0.2) is 6.10 Å².